The molecule has 0 unspecified atom stereocenters. The van der Waals surface area contributed by atoms with Crippen molar-refractivity contribution >= 4 is 5.84 Å². The highest BCUT2D eigenvalue weighted by molar-refractivity contribution is 5.79. The molecule has 14 heavy (non-hydrogen) atoms. The van der Waals surface area contributed by atoms with E-state index in [0.29, 0.717) is 0 Å². The molecule has 3 heteroatoms. The van der Waals surface area contributed by atoms with Crippen molar-refractivity contribution in [2.45, 2.75) is 20.8 Å². The summed E-state index contributed by atoms with van der Waals surface area (Å²) in [5.41, 5.74) is 0. The van der Waals surface area contributed by atoms with Gasteiger partial charge in [-0.2, -0.15) is 0 Å². The first kappa shape index (κ1) is 13.2. The molecule has 0 spiro atoms. The molecule has 0 aliphatic heterocycles. The molecule has 0 radical (unpaired) electrons. The zero-order chi connectivity index (χ0) is 11.0. The van der Waals surface area contributed by atoms with Gasteiger partial charge in [-0.3, -0.25) is 0 Å². The van der Waals surface area contributed by atoms with Crippen LogP contribution in [-0.2, 0) is 0 Å². The van der Waals surface area contributed by atoms with Crippen LogP contribution >= 0.6 is 0 Å². The molecule has 0 heterocycles. The van der Waals surface area contributed by atoms with E-state index in [1.165, 1.54) is 0 Å². The summed E-state index contributed by atoms with van der Waals surface area (Å²) in [4.78, 5) is 8.75. The van der Waals surface area contributed by atoms with Crippen molar-refractivity contribution in [3.05, 3.63) is 12.3 Å². The summed E-state index contributed by atoms with van der Waals surface area (Å²) in [5.74, 6) is 1.06. The molecule has 0 N–H and O–H groups in total. The Balaban J connectivity index is 3.89. The quantitative estimate of drug-likeness (QED) is 0.494. The molecule has 0 aliphatic rings. The van der Waals surface area contributed by atoms with Gasteiger partial charge in [-0.25, -0.2) is 4.99 Å². The van der Waals surface area contributed by atoms with Crippen LogP contribution in [0.25, 0.3) is 0 Å². The van der Waals surface area contributed by atoms with Crippen molar-refractivity contribution in [1.82, 2.24) is 9.80 Å². The Morgan fingerprint density at radius 2 is 1.93 bits per heavy atom. The average molecular weight is 197 g/mol. The molecular weight excluding hydrogens is 174 g/mol. The number of nitrogens with zero attached hydrogens (tertiary/aromatic N) is 3. The average Bonchev–Trinajstić information content (AvgIpc) is 2.21. The highest BCUT2D eigenvalue weighted by atomic mass is 15.2. The van der Waals surface area contributed by atoms with Crippen LogP contribution in [-0.4, -0.2) is 49.4 Å². The number of amidine groups is 1. The number of aliphatic imine (C=N–C) groups is 1. The lowest BCUT2D eigenvalue weighted by Gasteiger charge is -2.21. The van der Waals surface area contributed by atoms with Gasteiger partial charge in [0.2, 0.25) is 0 Å². The second-order valence-corrected chi connectivity index (χ2v) is 3.48. The van der Waals surface area contributed by atoms with E-state index >= 15 is 0 Å². The minimum absolute atomic E-state index is 1.03. The van der Waals surface area contributed by atoms with Crippen LogP contribution in [0.15, 0.2) is 17.3 Å². The molecule has 0 bridgehead atoms. The van der Waals surface area contributed by atoms with E-state index in [1.54, 1.807) is 0 Å². The Kier molecular flexibility index (Phi) is 7.11. The zero-order valence-electron chi connectivity index (χ0n) is 10.1. The SMILES string of the molecule is C/C=C\N=C(C)N(C)CCN(C)CC. The summed E-state index contributed by atoms with van der Waals surface area (Å²) in [6.45, 7) is 9.38. The van der Waals surface area contributed by atoms with Gasteiger partial charge in [-0.1, -0.05) is 13.0 Å². The maximum absolute atomic E-state index is 4.29. The topological polar surface area (TPSA) is 18.8 Å². The van der Waals surface area contributed by atoms with Crippen molar-refractivity contribution in [3.63, 3.8) is 0 Å². The van der Waals surface area contributed by atoms with Crippen molar-refractivity contribution in [2.75, 3.05) is 33.7 Å². The van der Waals surface area contributed by atoms with E-state index in [4.69, 9.17) is 0 Å². The minimum Gasteiger partial charge on any atom is -0.362 e. The molecule has 0 rings (SSSR count). The lowest BCUT2D eigenvalue weighted by atomic mass is 10.4. The fourth-order valence-electron chi connectivity index (χ4n) is 0.922. The molecule has 3 nitrogen and oxygen atoms in total. The summed E-state index contributed by atoms with van der Waals surface area (Å²) in [7, 11) is 4.21. The molecular formula is C11H23N3. The van der Waals surface area contributed by atoms with E-state index < -0.39 is 0 Å². The maximum atomic E-state index is 4.29. The third-order valence-corrected chi connectivity index (χ3v) is 2.32. The van der Waals surface area contributed by atoms with Crippen LogP contribution in [0.3, 0.4) is 0 Å². The van der Waals surface area contributed by atoms with Crippen LogP contribution in [0.5, 0.6) is 0 Å². The summed E-state index contributed by atoms with van der Waals surface area (Å²) >= 11 is 0. The Bertz CT molecular complexity index is 197. The molecule has 0 aliphatic carbocycles. The summed E-state index contributed by atoms with van der Waals surface area (Å²) in [5, 5.41) is 0. The first-order valence-electron chi connectivity index (χ1n) is 5.17. The number of hydrogen-bond donors (Lipinski definition) is 0. The first-order chi connectivity index (χ1) is 6.61. The van der Waals surface area contributed by atoms with Gasteiger partial charge in [0, 0.05) is 26.3 Å². The first-order valence-corrected chi connectivity index (χ1v) is 5.17. The summed E-state index contributed by atoms with van der Waals surface area (Å²) in [6, 6.07) is 0. The molecule has 0 saturated carbocycles. The highest BCUT2D eigenvalue weighted by Crippen LogP contribution is 1.90. The van der Waals surface area contributed by atoms with Crippen LogP contribution in [0.2, 0.25) is 0 Å². The van der Waals surface area contributed by atoms with Gasteiger partial charge in [0.1, 0.15) is 5.84 Å². The number of rotatable bonds is 5. The Morgan fingerprint density at radius 3 is 2.43 bits per heavy atom. The number of likely N-dealkylation sites (N-methyl/N-ethyl adjacent to an activating group) is 2. The largest absolute Gasteiger partial charge is 0.362 e. The fraction of sp³-hybridized carbons (Fsp3) is 0.727. The molecule has 82 valence electrons. The summed E-state index contributed by atoms with van der Waals surface area (Å²) in [6.07, 6.45) is 3.77. The van der Waals surface area contributed by atoms with Gasteiger partial charge < -0.3 is 9.80 Å². The van der Waals surface area contributed by atoms with Gasteiger partial charge in [0.25, 0.3) is 0 Å². The molecule has 0 aromatic rings. The van der Waals surface area contributed by atoms with Gasteiger partial charge in [-0.05, 0) is 27.4 Å². The second kappa shape index (κ2) is 7.56. The Labute approximate surface area is 88.1 Å². The lowest BCUT2D eigenvalue weighted by Crippen LogP contribution is -2.33. The third-order valence-electron chi connectivity index (χ3n) is 2.32. The Hall–Kier alpha value is -0.830. The zero-order valence-corrected chi connectivity index (χ0v) is 10.1. The molecule has 0 saturated heterocycles. The maximum Gasteiger partial charge on any atom is 0.101 e. The van der Waals surface area contributed by atoms with Crippen molar-refractivity contribution < 1.29 is 0 Å². The summed E-state index contributed by atoms with van der Waals surface area (Å²) < 4.78 is 0. The molecule has 0 fully saturated rings. The van der Waals surface area contributed by atoms with Crippen molar-refractivity contribution in [3.8, 4) is 0 Å². The third kappa shape index (κ3) is 5.75. The fourth-order valence-corrected chi connectivity index (χ4v) is 0.922. The smallest absolute Gasteiger partial charge is 0.101 e. The van der Waals surface area contributed by atoms with E-state index in [-0.39, 0.29) is 0 Å². The van der Waals surface area contributed by atoms with Crippen LogP contribution in [0.1, 0.15) is 20.8 Å². The Morgan fingerprint density at radius 1 is 1.29 bits per heavy atom. The van der Waals surface area contributed by atoms with Crippen LogP contribution < -0.4 is 0 Å². The monoisotopic (exact) mass is 197 g/mol. The highest BCUT2D eigenvalue weighted by Gasteiger charge is 2.00. The van der Waals surface area contributed by atoms with Crippen LogP contribution in [0.4, 0.5) is 0 Å². The number of allylic oxidation sites excluding steroid dienone is 1. The lowest BCUT2D eigenvalue weighted by molar-refractivity contribution is 0.318. The van der Waals surface area contributed by atoms with E-state index in [0.717, 1.165) is 25.5 Å². The van der Waals surface area contributed by atoms with Gasteiger partial charge in [-0.15, -0.1) is 0 Å². The molecule has 0 aromatic heterocycles. The molecule has 0 amide bonds. The standard InChI is InChI=1S/C11H23N3/c1-6-8-12-11(3)14(5)10-9-13(4)7-2/h6,8H,7,9-10H2,1-5H3/b8-6-,12-11?. The van der Waals surface area contributed by atoms with Crippen LogP contribution in [0, 0.1) is 0 Å². The van der Waals surface area contributed by atoms with E-state index in [1.807, 2.05) is 26.1 Å². The predicted molar refractivity (Wildman–Crippen MR) is 63.7 cm³/mol. The van der Waals surface area contributed by atoms with Gasteiger partial charge >= 0.3 is 0 Å². The van der Waals surface area contributed by atoms with Gasteiger partial charge in [0.05, 0.1) is 0 Å². The van der Waals surface area contributed by atoms with Crippen molar-refractivity contribution in [2.24, 2.45) is 4.99 Å². The van der Waals surface area contributed by atoms with Crippen molar-refractivity contribution in [1.29, 1.82) is 0 Å². The molecule has 0 aromatic carbocycles. The van der Waals surface area contributed by atoms with E-state index in [2.05, 4.69) is 35.8 Å². The minimum atomic E-state index is 1.03. The number of hydrogen-bond acceptors (Lipinski definition) is 2. The van der Waals surface area contributed by atoms with E-state index in [9.17, 15) is 0 Å². The molecule has 0 atom stereocenters. The second-order valence-electron chi connectivity index (χ2n) is 3.48. The van der Waals surface area contributed by atoms with Gasteiger partial charge in [0.15, 0.2) is 0 Å². The normalized spacial score (nSPS) is 12.9. The predicted octanol–water partition coefficient (Wildman–Crippen LogP) is 1.82.